The van der Waals surface area contributed by atoms with Gasteiger partial charge < -0.3 is 9.72 Å². The summed E-state index contributed by atoms with van der Waals surface area (Å²) in [6.07, 6.45) is -4.40. The Hall–Kier alpha value is -3.29. The predicted octanol–water partition coefficient (Wildman–Crippen LogP) is 5.74. The van der Waals surface area contributed by atoms with Crippen LogP contribution in [0.3, 0.4) is 0 Å². The van der Waals surface area contributed by atoms with E-state index in [1.165, 1.54) is 11.7 Å². The average Bonchev–Trinajstić information content (AvgIpc) is 3.23. The summed E-state index contributed by atoms with van der Waals surface area (Å²) in [4.78, 5) is 7.88. The van der Waals surface area contributed by atoms with Crippen molar-refractivity contribution in [2.45, 2.75) is 33.1 Å². The molecule has 0 bridgehead atoms. The average molecular weight is 414 g/mol. The summed E-state index contributed by atoms with van der Waals surface area (Å²) in [6.45, 7) is 5.95. The number of aromatic nitrogens is 4. The molecule has 0 radical (unpaired) electrons. The number of hydrogen-bond acceptors (Lipinski definition) is 3. The quantitative estimate of drug-likeness (QED) is 0.463. The van der Waals surface area contributed by atoms with Gasteiger partial charge in [0.1, 0.15) is 5.75 Å². The smallest absolute Gasteiger partial charge is 0.435 e. The summed E-state index contributed by atoms with van der Waals surface area (Å²) in [5.74, 6) is 0.805. The number of H-pyrrole nitrogens is 1. The van der Waals surface area contributed by atoms with Crippen molar-refractivity contribution in [3.05, 3.63) is 53.7 Å². The van der Waals surface area contributed by atoms with E-state index in [1.807, 2.05) is 51.1 Å². The number of pyridine rings is 1. The van der Waals surface area contributed by atoms with Gasteiger partial charge in [0.05, 0.1) is 28.5 Å². The zero-order chi connectivity index (χ0) is 21.6. The van der Waals surface area contributed by atoms with Crippen molar-refractivity contribution in [1.82, 2.24) is 19.7 Å². The monoisotopic (exact) mass is 414 g/mol. The molecule has 0 aliphatic heterocycles. The molecule has 0 saturated heterocycles. The van der Waals surface area contributed by atoms with Crippen molar-refractivity contribution in [2.24, 2.45) is 7.05 Å². The standard InChI is InChI=1S/C22H21F3N4O/c1-12(2)30-14-5-6-15(13(3)9-14)18-10-19-16(26-18)7-8-17(27-19)20-11-21(22(23,24)25)28-29(20)4/h5-12,26H,1-4H3. The van der Waals surface area contributed by atoms with Crippen molar-refractivity contribution < 1.29 is 17.9 Å². The molecule has 3 aromatic heterocycles. The highest BCUT2D eigenvalue weighted by molar-refractivity contribution is 5.85. The third kappa shape index (κ3) is 3.77. The molecule has 5 nitrogen and oxygen atoms in total. The molecule has 0 aliphatic carbocycles. The molecule has 0 atom stereocenters. The van der Waals surface area contributed by atoms with Crippen molar-refractivity contribution in [3.63, 3.8) is 0 Å². The van der Waals surface area contributed by atoms with E-state index in [4.69, 9.17) is 4.74 Å². The molecular formula is C22H21F3N4O. The van der Waals surface area contributed by atoms with Crippen molar-refractivity contribution in [1.29, 1.82) is 0 Å². The van der Waals surface area contributed by atoms with Gasteiger partial charge in [-0.1, -0.05) is 0 Å². The van der Waals surface area contributed by atoms with Crippen LogP contribution in [-0.4, -0.2) is 25.9 Å². The molecule has 8 heteroatoms. The fourth-order valence-corrected chi connectivity index (χ4v) is 3.43. The number of aryl methyl sites for hydroxylation is 2. The molecule has 0 unspecified atom stereocenters. The van der Waals surface area contributed by atoms with Crippen LogP contribution in [0.4, 0.5) is 13.2 Å². The number of fused-ring (bicyclic) bond motifs is 1. The Morgan fingerprint density at radius 3 is 2.47 bits per heavy atom. The van der Waals surface area contributed by atoms with E-state index in [2.05, 4.69) is 15.1 Å². The van der Waals surface area contributed by atoms with E-state index in [0.29, 0.717) is 16.9 Å². The maximum absolute atomic E-state index is 13.0. The van der Waals surface area contributed by atoms with Crippen LogP contribution in [0.2, 0.25) is 0 Å². The number of benzene rings is 1. The molecule has 0 spiro atoms. The highest BCUT2D eigenvalue weighted by Gasteiger charge is 2.34. The SMILES string of the molecule is Cc1cc(OC(C)C)ccc1-c1cc2nc(-c3cc(C(F)(F)F)nn3C)ccc2[nH]1. The Morgan fingerprint density at radius 2 is 1.83 bits per heavy atom. The summed E-state index contributed by atoms with van der Waals surface area (Å²) in [7, 11) is 1.48. The number of alkyl halides is 3. The molecular weight excluding hydrogens is 393 g/mol. The molecule has 0 amide bonds. The van der Waals surface area contributed by atoms with E-state index in [0.717, 1.165) is 34.2 Å². The molecule has 3 heterocycles. The summed E-state index contributed by atoms with van der Waals surface area (Å²) >= 11 is 0. The van der Waals surface area contributed by atoms with E-state index >= 15 is 0 Å². The summed E-state index contributed by atoms with van der Waals surface area (Å²) in [5, 5.41) is 3.56. The Balaban J connectivity index is 1.71. The fourth-order valence-electron chi connectivity index (χ4n) is 3.43. The molecule has 4 aromatic rings. The number of aromatic amines is 1. The Bertz CT molecular complexity index is 1220. The lowest BCUT2D eigenvalue weighted by Gasteiger charge is -2.12. The maximum Gasteiger partial charge on any atom is 0.435 e. The highest BCUT2D eigenvalue weighted by atomic mass is 19.4. The van der Waals surface area contributed by atoms with Crippen molar-refractivity contribution in [3.8, 4) is 28.4 Å². The van der Waals surface area contributed by atoms with E-state index in [9.17, 15) is 13.2 Å². The maximum atomic E-state index is 13.0. The molecule has 0 fully saturated rings. The molecule has 4 rings (SSSR count). The summed E-state index contributed by atoms with van der Waals surface area (Å²) in [6, 6.07) is 12.3. The van der Waals surface area contributed by atoms with Crippen LogP contribution in [0, 0.1) is 6.92 Å². The minimum absolute atomic E-state index is 0.0933. The van der Waals surface area contributed by atoms with E-state index in [-0.39, 0.29) is 6.10 Å². The van der Waals surface area contributed by atoms with Gasteiger partial charge in [-0.05, 0) is 68.8 Å². The van der Waals surface area contributed by atoms with Crippen molar-refractivity contribution in [2.75, 3.05) is 0 Å². The van der Waals surface area contributed by atoms with Crippen molar-refractivity contribution >= 4 is 11.0 Å². The van der Waals surface area contributed by atoms with Gasteiger partial charge in [-0.25, -0.2) is 4.98 Å². The number of nitrogens with zero attached hydrogens (tertiary/aromatic N) is 3. The molecule has 0 aliphatic rings. The van der Waals surface area contributed by atoms with Crippen LogP contribution >= 0.6 is 0 Å². The first-order valence-electron chi connectivity index (χ1n) is 9.51. The van der Waals surface area contributed by atoms with Gasteiger partial charge in [-0.15, -0.1) is 0 Å². The summed E-state index contributed by atoms with van der Waals surface area (Å²) < 4.78 is 45.8. The minimum atomic E-state index is -4.50. The number of hydrogen-bond donors (Lipinski definition) is 1. The first kappa shape index (κ1) is 20.0. The normalized spacial score (nSPS) is 12.1. The van der Waals surface area contributed by atoms with Gasteiger partial charge in [0.25, 0.3) is 0 Å². The number of halogens is 3. The van der Waals surface area contributed by atoms with Gasteiger partial charge in [0, 0.05) is 18.3 Å². The second-order valence-corrected chi connectivity index (χ2v) is 7.49. The summed E-state index contributed by atoms with van der Waals surface area (Å²) in [5.41, 5.74) is 4.19. The largest absolute Gasteiger partial charge is 0.491 e. The molecule has 1 aromatic carbocycles. The van der Waals surface area contributed by atoms with Gasteiger partial charge in [-0.3, -0.25) is 4.68 Å². The lowest BCUT2D eigenvalue weighted by atomic mass is 10.1. The molecule has 0 saturated carbocycles. The zero-order valence-electron chi connectivity index (χ0n) is 17.0. The second kappa shape index (κ2) is 7.19. The van der Waals surface area contributed by atoms with Gasteiger partial charge in [0.15, 0.2) is 5.69 Å². The molecule has 30 heavy (non-hydrogen) atoms. The predicted molar refractivity (Wildman–Crippen MR) is 109 cm³/mol. The van der Waals surface area contributed by atoms with Crippen LogP contribution in [0.25, 0.3) is 33.7 Å². The lowest BCUT2D eigenvalue weighted by Crippen LogP contribution is -2.06. The van der Waals surface area contributed by atoms with Crippen LogP contribution in [-0.2, 0) is 13.2 Å². The van der Waals surface area contributed by atoms with Crippen LogP contribution in [0.5, 0.6) is 5.75 Å². The van der Waals surface area contributed by atoms with Crippen LogP contribution in [0.1, 0.15) is 25.1 Å². The third-order valence-electron chi connectivity index (χ3n) is 4.77. The number of rotatable bonds is 4. The molecule has 156 valence electrons. The Morgan fingerprint density at radius 1 is 1.07 bits per heavy atom. The fraction of sp³-hybridized carbons (Fsp3) is 0.273. The zero-order valence-corrected chi connectivity index (χ0v) is 17.0. The number of nitrogens with one attached hydrogen (secondary N) is 1. The number of ether oxygens (including phenoxy) is 1. The minimum Gasteiger partial charge on any atom is -0.491 e. The molecule has 1 N–H and O–H groups in total. The Kier molecular flexibility index (Phi) is 4.80. The Labute approximate surface area is 171 Å². The van der Waals surface area contributed by atoms with Gasteiger partial charge >= 0.3 is 6.18 Å². The first-order chi connectivity index (χ1) is 14.1. The second-order valence-electron chi connectivity index (χ2n) is 7.49. The van der Waals surface area contributed by atoms with Gasteiger partial charge in [-0.2, -0.15) is 18.3 Å². The first-order valence-corrected chi connectivity index (χ1v) is 9.51. The topological polar surface area (TPSA) is 55.7 Å². The third-order valence-corrected chi connectivity index (χ3v) is 4.77. The van der Waals surface area contributed by atoms with Crippen LogP contribution < -0.4 is 4.74 Å². The van der Waals surface area contributed by atoms with Gasteiger partial charge in [0.2, 0.25) is 0 Å². The van der Waals surface area contributed by atoms with Crippen LogP contribution in [0.15, 0.2) is 42.5 Å². The highest BCUT2D eigenvalue weighted by Crippen LogP contribution is 2.33. The van der Waals surface area contributed by atoms with E-state index < -0.39 is 11.9 Å². The lowest BCUT2D eigenvalue weighted by molar-refractivity contribution is -0.141. The van der Waals surface area contributed by atoms with E-state index in [1.54, 1.807) is 6.07 Å².